The normalized spacial score (nSPS) is 21.6. The van der Waals surface area contributed by atoms with E-state index in [2.05, 4.69) is 43.6 Å². The van der Waals surface area contributed by atoms with Crippen molar-refractivity contribution in [1.29, 1.82) is 0 Å². The zero-order valence-corrected chi connectivity index (χ0v) is 11.4. The highest BCUT2D eigenvalue weighted by Crippen LogP contribution is 2.24. The Morgan fingerprint density at radius 2 is 2.18 bits per heavy atom. The monoisotopic (exact) mass is 251 g/mol. The molecule has 0 aromatic heterocycles. The van der Waals surface area contributed by atoms with Gasteiger partial charge < -0.3 is 10.1 Å². The fraction of sp³-hybridized carbons (Fsp3) is 0.571. The third-order valence-electron chi connectivity index (χ3n) is 3.36. The molecule has 1 heterocycles. The molecule has 1 fully saturated rings. The van der Waals surface area contributed by atoms with Gasteiger partial charge in [-0.25, -0.2) is 0 Å². The van der Waals surface area contributed by atoms with Gasteiger partial charge in [-0.15, -0.1) is 11.8 Å². The number of aryl methyl sites for hydroxylation is 1. The Labute approximate surface area is 108 Å². The molecular weight excluding hydrogens is 230 g/mol. The Morgan fingerprint density at radius 1 is 1.41 bits per heavy atom. The van der Waals surface area contributed by atoms with Gasteiger partial charge in [0.2, 0.25) is 0 Å². The Hall–Kier alpha value is -0.510. The number of nitrogens with one attached hydrogen (secondary N) is 1. The second-order valence-electron chi connectivity index (χ2n) is 4.64. The molecule has 1 saturated heterocycles. The maximum atomic E-state index is 5.46. The highest BCUT2D eigenvalue weighted by Gasteiger charge is 2.24. The summed E-state index contributed by atoms with van der Waals surface area (Å²) in [6, 6.07) is 9.32. The van der Waals surface area contributed by atoms with E-state index in [0.717, 1.165) is 19.0 Å². The van der Waals surface area contributed by atoms with Crippen molar-refractivity contribution < 1.29 is 4.74 Å². The minimum absolute atomic E-state index is 0.559. The van der Waals surface area contributed by atoms with Gasteiger partial charge in [-0.05, 0) is 32.5 Å². The van der Waals surface area contributed by atoms with Crippen LogP contribution in [-0.2, 0) is 4.74 Å². The van der Waals surface area contributed by atoms with Crippen LogP contribution in [-0.4, -0.2) is 32.1 Å². The van der Waals surface area contributed by atoms with E-state index < -0.39 is 0 Å². The molecule has 2 unspecified atom stereocenters. The molecule has 17 heavy (non-hydrogen) atoms. The highest BCUT2D eigenvalue weighted by atomic mass is 32.2. The van der Waals surface area contributed by atoms with E-state index in [9.17, 15) is 0 Å². The van der Waals surface area contributed by atoms with Gasteiger partial charge in [0.05, 0.1) is 6.61 Å². The lowest BCUT2D eigenvalue weighted by atomic mass is 10.0. The summed E-state index contributed by atoms with van der Waals surface area (Å²) < 4.78 is 5.46. The predicted octanol–water partition coefficient (Wildman–Crippen LogP) is 2.71. The van der Waals surface area contributed by atoms with Crippen LogP contribution in [0.4, 0.5) is 0 Å². The number of hydrogen-bond donors (Lipinski definition) is 1. The first kappa shape index (κ1) is 12.9. The van der Waals surface area contributed by atoms with Crippen LogP contribution in [0.2, 0.25) is 0 Å². The van der Waals surface area contributed by atoms with Crippen LogP contribution in [0.15, 0.2) is 29.2 Å². The fourth-order valence-electron chi connectivity index (χ4n) is 2.15. The van der Waals surface area contributed by atoms with Gasteiger partial charge in [-0.2, -0.15) is 0 Å². The molecule has 0 saturated carbocycles. The van der Waals surface area contributed by atoms with Crippen molar-refractivity contribution in [3.8, 4) is 0 Å². The average Bonchev–Trinajstić information content (AvgIpc) is 2.86. The molecule has 2 nitrogen and oxygen atoms in total. The lowest BCUT2D eigenvalue weighted by Gasteiger charge is -2.21. The number of ether oxygens (including phenoxy) is 1. The molecular formula is C14H21NOS. The van der Waals surface area contributed by atoms with Crippen LogP contribution in [0.1, 0.15) is 12.0 Å². The van der Waals surface area contributed by atoms with Crippen LogP contribution in [0.5, 0.6) is 0 Å². The van der Waals surface area contributed by atoms with E-state index in [1.54, 1.807) is 0 Å². The van der Waals surface area contributed by atoms with Gasteiger partial charge >= 0.3 is 0 Å². The Balaban J connectivity index is 1.84. The third-order valence-corrected chi connectivity index (χ3v) is 4.49. The summed E-state index contributed by atoms with van der Waals surface area (Å²) in [5.74, 6) is 1.80. The minimum Gasteiger partial charge on any atom is -0.381 e. The average molecular weight is 251 g/mol. The Morgan fingerprint density at radius 3 is 2.76 bits per heavy atom. The molecule has 2 atom stereocenters. The third kappa shape index (κ3) is 3.73. The van der Waals surface area contributed by atoms with Gasteiger partial charge in [-0.1, -0.05) is 17.7 Å². The van der Waals surface area contributed by atoms with Gasteiger partial charge in [-0.3, -0.25) is 0 Å². The molecule has 0 radical (unpaired) electrons. The van der Waals surface area contributed by atoms with Crippen molar-refractivity contribution in [3.63, 3.8) is 0 Å². The van der Waals surface area contributed by atoms with Gasteiger partial charge in [0.15, 0.2) is 0 Å². The van der Waals surface area contributed by atoms with Crippen LogP contribution < -0.4 is 5.32 Å². The molecule has 1 N–H and O–H groups in total. The first-order valence-electron chi connectivity index (χ1n) is 6.24. The summed E-state index contributed by atoms with van der Waals surface area (Å²) in [5.41, 5.74) is 1.32. The number of hydrogen-bond acceptors (Lipinski definition) is 3. The van der Waals surface area contributed by atoms with Crippen molar-refractivity contribution in [1.82, 2.24) is 5.32 Å². The largest absolute Gasteiger partial charge is 0.381 e. The second-order valence-corrected chi connectivity index (χ2v) is 5.74. The van der Waals surface area contributed by atoms with Gasteiger partial charge in [0.1, 0.15) is 0 Å². The highest BCUT2D eigenvalue weighted by molar-refractivity contribution is 7.99. The molecule has 1 aliphatic heterocycles. The first-order valence-corrected chi connectivity index (χ1v) is 7.22. The quantitative estimate of drug-likeness (QED) is 0.813. The van der Waals surface area contributed by atoms with Crippen LogP contribution in [0, 0.1) is 12.8 Å². The number of benzene rings is 1. The van der Waals surface area contributed by atoms with Crippen LogP contribution >= 0.6 is 11.8 Å². The van der Waals surface area contributed by atoms with E-state index in [-0.39, 0.29) is 0 Å². The van der Waals surface area contributed by atoms with E-state index in [1.807, 2.05) is 11.8 Å². The summed E-state index contributed by atoms with van der Waals surface area (Å²) >= 11 is 1.93. The van der Waals surface area contributed by atoms with Gasteiger partial charge in [0.25, 0.3) is 0 Å². The molecule has 3 heteroatoms. The van der Waals surface area contributed by atoms with Crippen molar-refractivity contribution in [3.05, 3.63) is 29.8 Å². The molecule has 1 aromatic rings. The van der Waals surface area contributed by atoms with E-state index in [1.165, 1.54) is 16.9 Å². The topological polar surface area (TPSA) is 21.3 Å². The van der Waals surface area contributed by atoms with E-state index in [4.69, 9.17) is 4.74 Å². The summed E-state index contributed by atoms with van der Waals surface area (Å²) in [6.45, 7) is 3.97. The molecule has 2 rings (SSSR count). The lowest BCUT2D eigenvalue weighted by molar-refractivity contribution is 0.180. The zero-order chi connectivity index (χ0) is 12.1. The smallest absolute Gasteiger partial charge is 0.0510 e. The second kappa shape index (κ2) is 6.43. The molecule has 0 bridgehead atoms. The summed E-state index contributed by atoms with van der Waals surface area (Å²) in [6.07, 6.45) is 1.19. The molecule has 0 spiro atoms. The molecule has 0 aliphatic carbocycles. The van der Waals surface area contributed by atoms with E-state index >= 15 is 0 Å². The number of rotatable bonds is 5. The summed E-state index contributed by atoms with van der Waals surface area (Å²) in [5, 5.41) is 3.42. The summed E-state index contributed by atoms with van der Waals surface area (Å²) in [7, 11) is 2.05. The van der Waals surface area contributed by atoms with Crippen molar-refractivity contribution >= 4 is 11.8 Å². The Kier molecular flexibility index (Phi) is 4.89. The zero-order valence-electron chi connectivity index (χ0n) is 10.6. The number of thioether (sulfide) groups is 1. The molecule has 0 amide bonds. The van der Waals surface area contributed by atoms with Crippen molar-refractivity contribution in [2.75, 3.05) is 26.0 Å². The minimum atomic E-state index is 0.559. The lowest BCUT2D eigenvalue weighted by Crippen LogP contribution is -2.36. The molecule has 1 aliphatic rings. The predicted molar refractivity (Wildman–Crippen MR) is 73.7 cm³/mol. The summed E-state index contributed by atoms with van der Waals surface area (Å²) in [4.78, 5) is 1.36. The maximum Gasteiger partial charge on any atom is 0.0510 e. The molecule has 1 aromatic carbocycles. The van der Waals surface area contributed by atoms with Crippen LogP contribution in [0.3, 0.4) is 0 Å². The standard InChI is InChI=1S/C14H21NOS/c1-11-3-5-13(6-4-11)17-10-14(15-2)12-7-8-16-9-12/h3-6,12,14-15H,7-10H2,1-2H3. The maximum absolute atomic E-state index is 5.46. The van der Waals surface area contributed by atoms with Gasteiger partial charge in [0, 0.05) is 29.2 Å². The Bertz CT molecular complexity index is 333. The van der Waals surface area contributed by atoms with Crippen molar-refractivity contribution in [2.24, 2.45) is 5.92 Å². The van der Waals surface area contributed by atoms with Crippen LogP contribution in [0.25, 0.3) is 0 Å². The van der Waals surface area contributed by atoms with Crippen molar-refractivity contribution in [2.45, 2.75) is 24.3 Å². The van der Waals surface area contributed by atoms with E-state index in [0.29, 0.717) is 12.0 Å². The fourth-order valence-corrected chi connectivity index (χ4v) is 3.29. The molecule has 94 valence electrons. The SMILES string of the molecule is CNC(CSc1ccc(C)cc1)C1CCOC1. The first-order chi connectivity index (χ1) is 8.29.